The maximum absolute atomic E-state index is 12.3. The van der Waals surface area contributed by atoms with E-state index in [4.69, 9.17) is 14.2 Å². The Hall–Kier alpha value is -3.29. The lowest BCUT2D eigenvalue weighted by molar-refractivity contribution is -0.385. The fourth-order valence-electron chi connectivity index (χ4n) is 2.54. The van der Waals surface area contributed by atoms with Crippen LogP contribution in [0.2, 0.25) is 0 Å². The largest absolute Gasteiger partial charge is 0.486 e. The zero-order valence-electron chi connectivity index (χ0n) is 14.2. The number of likely N-dealkylation sites (N-methyl/N-ethyl adjacent to an activating group) is 1. The van der Waals surface area contributed by atoms with Gasteiger partial charge in [0, 0.05) is 13.1 Å². The Labute approximate surface area is 150 Å². The highest BCUT2D eigenvalue weighted by molar-refractivity contribution is 5.77. The number of nitrogens with zero attached hydrogens (tertiary/aromatic N) is 2. The van der Waals surface area contributed by atoms with Crippen LogP contribution in [0.4, 0.5) is 5.69 Å². The molecule has 0 saturated carbocycles. The van der Waals surface area contributed by atoms with Crippen LogP contribution >= 0.6 is 0 Å². The van der Waals surface area contributed by atoms with E-state index in [1.54, 1.807) is 19.2 Å². The van der Waals surface area contributed by atoms with Gasteiger partial charge in [0.25, 0.3) is 5.91 Å². The third-order valence-electron chi connectivity index (χ3n) is 3.88. The number of hydrogen-bond donors (Lipinski definition) is 0. The molecule has 8 nitrogen and oxygen atoms in total. The SMILES string of the molecule is CN(C[C@@H]1COc2ccccc2O1)C(=O)COc1ccccc1[N+](=O)[O-]. The number of para-hydroxylation sites is 4. The lowest BCUT2D eigenvalue weighted by Gasteiger charge is -2.29. The van der Waals surface area contributed by atoms with Gasteiger partial charge in [-0.2, -0.15) is 0 Å². The number of nitro benzene ring substituents is 1. The van der Waals surface area contributed by atoms with Crippen molar-refractivity contribution in [2.45, 2.75) is 6.10 Å². The second-order valence-electron chi connectivity index (χ2n) is 5.79. The molecule has 136 valence electrons. The summed E-state index contributed by atoms with van der Waals surface area (Å²) in [6.45, 7) is 0.346. The molecule has 1 amide bonds. The lowest BCUT2D eigenvalue weighted by Crippen LogP contribution is -2.43. The highest BCUT2D eigenvalue weighted by Gasteiger charge is 2.24. The van der Waals surface area contributed by atoms with E-state index in [-0.39, 0.29) is 30.1 Å². The van der Waals surface area contributed by atoms with E-state index in [9.17, 15) is 14.9 Å². The number of rotatable bonds is 6. The van der Waals surface area contributed by atoms with Crippen LogP contribution in [-0.4, -0.2) is 48.6 Å². The van der Waals surface area contributed by atoms with Crippen molar-refractivity contribution in [2.75, 3.05) is 26.8 Å². The molecule has 0 fully saturated rings. The number of nitro groups is 1. The summed E-state index contributed by atoms with van der Waals surface area (Å²) in [7, 11) is 1.62. The van der Waals surface area contributed by atoms with Crippen molar-refractivity contribution in [2.24, 2.45) is 0 Å². The summed E-state index contributed by atoms with van der Waals surface area (Å²) in [5.74, 6) is 1.06. The van der Waals surface area contributed by atoms with Crippen molar-refractivity contribution in [1.82, 2.24) is 4.90 Å². The molecule has 1 aliphatic rings. The van der Waals surface area contributed by atoms with Crippen LogP contribution in [0.3, 0.4) is 0 Å². The van der Waals surface area contributed by atoms with Crippen molar-refractivity contribution in [1.29, 1.82) is 0 Å². The molecule has 0 bridgehead atoms. The van der Waals surface area contributed by atoms with Gasteiger partial charge in [0.1, 0.15) is 6.61 Å². The van der Waals surface area contributed by atoms with Crippen LogP contribution in [0, 0.1) is 10.1 Å². The number of carbonyl (C=O) groups is 1. The average molecular weight is 358 g/mol. The fraction of sp³-hybridized carbons (Fsp3) is 0.278. The molecule has 0 N–H and O–H groups in total. The first kappa shape index (κ1) is 17.5. The van der Waals surface area contributed by atoms with Gasteiger partial charge < -0.3 is 19.1 Å². The van der Waals surface area contributed by atoms with Crippen LogP contribution in [0.1, 0.15) is 0 Å². The molecule has 1 atom stereocenters. The van der Waals surface area contributed by atoms with Crippen LogP contribution in [0.15, 0.2) is 48.5 Å². The predicted octanol–water partition coefficient (Wildman–Crippen LogP) is 2.27. The molecule has 0 spiro atoms. The standard InChI is InChI=1S/C18H18N2O6/c1-19(10-13-11-24-16-8-4-5-9-17(16)26-13)18(21)12-25-15-7-3-2-6-14(15)20(22)23/h2-9,13H,10-12H2,1H3/t13-/m1/s1. The Bertz CT molecular complexity index is 810. The molecular formula is C18H18N2O6. The molecular weight excluding hydrogens is 340 g/mol. The van der Waals surface area contributed by atoms with Gasteiger partial charge in [0.2, 0.25) is 0 Å². The molecule has 26 heavy (non-hydrogen) atoms. The van der Waals surface area contributed by atoms with Crippen LogP contribution in [-0.2, 0) is 4.79 Å². The number of hydrogen-bond acceptors (Lipinski definition) is 6. The molecule has 2 aromatic rings. The van der Waals surface area contributed by atoms with Crippen molar-refractivity contribution < 1.29 is 23.9 Å². The number of ether oxygens (including phenoxy) is 3. The lowest BCUT2D eigenvalue weighted by atomic mass is 10.2. The summed E-state index contributed by atoms with van der Waals surface area (Å²) in [4.78, 5) is 24.1. The minimum atomic E-state index is -0.547. The van der Waals surface area contributed by atoms with E-state index in [0.29, 0.717) is 24.7 Å². The maximum atomic E-state index is 12.3. The summed E-state index contributed by atoms with van der Waals surface area (Å²) in [5, 5.41) is 11.0. The summed E-state index contributed by atoms with van der Waals surface area (Å²) >= 11 is 0. The van der Waals surface area contributed by atoms with Gasteiger partial charge in [-0.1, -0.05) is 24.3 Å². The number of carbonyl (C=O) groups excluding carboxylic acids is 1. The Balaban J connectivity index is 1.54. The molecule has 2 aromatic carbocycles. The highest BCUT2D eigenvalue weighted by Crippen LogP contribution is 2.31. The molecule has 1 aliphatic heterocycles. The third-order valence-corrected chi connectivity index (χ3v) is 3.88. The molecule has 0 radical (unpaired) electrons. The Morgan fingerprint density at radius 2 is 1.92 bits per heavy atom. The molecule has 1 heterocycles. The summed E-state index contributed by atoms with van der Waals surface area (Å²) in [6, 6.07) is 13.3. The van der Waals surface area contributed by atoms with Crippen LogP contribution in [0.5, 0.6) is 17.2 Å². The van der Waals surface area contributed by atoms with E-state index < -0.39 is 4.92 Å². The first-order chi connectivity index (χ1) is 12.5. The van der Waals surface area contributed by atoms with E-state index in [2.05, 4.69) is 0 Å². The van der Waals surface area contributed by atoms with Crippen LogP contribution in [0.25, 0.3) is 0 Å². The van der Waals surface area contributed by atoms with Gasteiger partial charge in [0.05, 0.1) is 11.5 Å². The minimum absolute atomic E-state index is 0.0606. The van der Waals surface area contributed by atoms with Gasteiger partial charge in [-0.3, -0.25) is 14.9 Å². The van der Waals surface area contributed by atoms with Crippen molar-refractivity contribution in [3.63, 3.8) is 0 Å². The predicted molar refractivity (Wildman–Crippen MR) is 92.6 cm³/mol. The summed E-state index contributed by atoms with van der Waals surface area (Å²) < 4.78 is 16.8. The van der Waals surface area contributed by atoms with Gasteiger partial charge in [-0.15, -0.1) is 0 Å². The van der Waals surface area contributed by atoms with Crippen LogP contribution < -0.4 is 14.2 Å². The Morgan fingerprint density at radius 1 is 1.23 bits per heavy atom. The monoisotopic (exact) mass is 358 g/mol. The summed E-state index contributed by atoms with van der Waals surface area (Å²) in [5.41, 5.74) is -0.177. The van der Waals surface area contributed by atoms with E-state index in [1.807, 2.05) is 18.2 Å². The molecule has 0 aliphatic carbocycles. The third kappa shape index (κ3) is 4.02. The highest BCUT2D eigenvalue weighted by atomic mass is 16.6. The Kier molecular flexibility index (Phi) is 5.21. The van der Waals surface area contributed by atoms with Gasteiger partial charge in [-0.25, -0.2) is 0 Å². The number of fused-ring (bicyclic) bond motifs is 1. The van der Waals surface area contributed by atoms with Gasteiger partial charge >= 0.3 is 5.69 Å². The molecule has 0 saturated heterocycles. The average Bonchev–Trinajstić information content (AvgIpc) is 2.66. The minimum Gasteiger partial charge on any atom is -0.486 e. The van der Waals surface area contributed by atoms with Crippen molar-refractivity contribution >= 4 is 11.6 Å². The molecule has 0 aromatic heterocycles. The number of benzene rings is 2. The summed E-state index contributed by atoms with van der Waals surface area (Å²) in [6.07, 6.45) is -0.301. The smallest absolute Gasteiger partial charge is 0.310 e. The fourth-order valence-corrected chi connectivity index (χ4v) is 2.54. The molecule has 0 unspecified atom stereocenters. The van der Waals surface area contributed by atoms with E-state index in [1.165, 1.54) is 23.1 Å². The maximum Gasteiger partial charge on any atom is 0.310 e. The van der Waals surface area contributed by atoms with Gasteiger partial charge in [0.15, 0.2) is 30.0 Å². The van der Waals surface area contributed by atoms with Gasteiger partial charge in [-0.05, 0) is 18.2 Å². The Morgan fingerprint density at radius 3 is 2.69 bits per heavy atom. The van der Waals surface area contributed by atoms with E-state index >= 15 is 0 Å². The first-order valence-electron chi connectivity index (χ1n) is 8.03. The second-order valence-corrected chi connectivity index (χ2v) is 5.79. The second kappa shape index (κ2) is 7.73. The number of amides is 1. The zero-order valence-corrected chi connectivity index (χ0v) is 14.2. The van der Waals surface area contributed by atoms with E-state index in [0.717, 1.165) is 0 Å². The molecule has 3 rings (SSSR count). The van der Waals surface area contributed by atoms with Crippen molar-refractivity contribution in [3.05, 3.63) is 58.6 Å². The quantitative estimate of drug-likeness (QED) is 0.581. The van der Waals surface area contributed by atoms with Crippen molar-refractivity contribution in [3.8, 4) is 17.2 Å². The topological polar surface area (TPSA) is 91.1 Å². The normalized spacial score (nSPS) is 15.2. The molecule has 8 heteroatoms. The zero-order chi connectivity index (χ0) is 18.5. The first-order valence-corrected chi connectivity index (χ1v) is 8.03.